The molecule has 2 N–H and O–H groups in total. The Balaban J connectivity index is 2.16. The average Bonchev–Trinajstić information content (AvgIpc) is 2.16. The first-order valence-electron chi connectivity index (χ1n) is 4.58. The number of likely N-dealkylation sites (tertiary alicyclic amines) is 1. The lowest BCUT2D eigenvalue weighted by Gasteiger charge is -2.36. The van der Waals surface area contributed by atoms with Crippen molar-refractivity contribution in [3.8, 4) is 0 Å². The molecule has 0 bridgehead atoms. The number of carbonyl (C=O) groups is 1. The molecule has 0 unspecified atom stereocenters. The second-order valence-corrected chi connectivity index (χ2v) is 4.01. The van der Waals surface area contributed by atoms with Crippen LogP contribution in [0.25, 0.3) is 0 Å². The van der Waals surface area contributed by atoms with Crippen molar-refractivity contribution in [1.29, 1.82) is 0 Å². The fourth-order valence-electron chi connectivity index (χ4n) is 1.49. The van der Waals surface area contributed by atoms with Crippen LogP contribution in [0.3, 0.4) is 0 Å². The van der Waals surface area contributed by atoms with Gasteiger partial charge in [-0.15, -0.1) is 0 Å². The van der Waals surface area contributed by atoms with Crippen LogP contribution < -0.4 is 5.73 Å². The van der Waals surface area contributed by atoms with E-state index in [4.69, 9.17) is 17.3 Å². The predicted molar refractivity (Wildman–Crippen MR) is 55.3 cm³/mol. The van der Waals surface area contributed by atoms with Crippen LogP contribution in [-0.2, 0) is 0 Å². The number of nitrogens with two attached hydrogens (primary N) is 1. The van der Waals surface area contributed by atoms with Crippen molar-refractivity contribution < 1.29 is 9.18 Å². The summed E-state index contributed by atoms with van der Waals surface area (Å²) in [5.74, 6) is -0.674. The van der Waals surface area contributed by atoms with Gasteiger partial charge in [-0.1, -0.05) is 11.6 Å². The minimum Gasteiger partial charge on any atom is -0.335 e. The SMILES string of the molecule is NC1CN(C(=O)c2ccc(F)c(Cl)c2)C1. The van der Waals surface area contributed by atoms with Crippen molar-refractivity contribution in [3.63, 3.8) is 0 Å². The molecule has 0 saturated carbocycles. The number of benzene rings is 1. The van der Waals surface area contributed by atoms with E-state index in [1.165, 1.54) is 18.2 Å². The van der Waals surface area contributed by atoms with Crippen LogP contribution in [-0.4, -0.2) is 29.9 Å². The van der Waals surface area contributed by atoms with Crippen LogP contribution in [0, 0.1) is 5.82 Å². The molecule has 1 aromatic carbocycles. The molecule has 1 fully saturated rings. The molecular formula is C10H10ClFN2O. The number of hydrogen-bond acceptors (Lipinski definition) is 2. The Bertz CT molecular complexity index is 404. The lowest BCUT2D eigenvalue weighted by Crippen LogP contribution is -2.57. The van der Waals surface area contributed by atoms with Gasteiger partial charge in [0.2, 0.25) is 0 Å². The van der Waals surface area contributed by atoms with Gasteiger partial charge in [-0.05, 0) is 18.2 Å². The van der Waals surface area contributed by atoms with Gasteiger partial charge in [0.15, 0.2) is 0 Å². The summed E-state index contributed by atoms with van der Waals surface area (Å²) in [6.07, 6.45) is 0. The summed E-state index contributed by atoms with van der Waals surface area (Å²) >= 11 is 5.58. The van der Waals surface area contributed by atoms with E-state index < -0.39 is 5.82 Å². The largest absolute Gasteiger partial charge is 0.335 e. The highest BCUT2D eigenvalue weighted by atomic mass is 35.5. The second kappa shape index (κ2) is 3.79. The molecule has 2 rings (SSSR count). The van der Waals surface area contributed by atoms with E-state index in [1.807, 2.05) is 0 Å². The van der Waals surface area contributed by atoms with Gasteiger partial charge in [0.1, 0.15) is 5.82 Å². The van der Waals surface area contributed by atoms with E-state index in [0.717, 1.165) is 0 Å². The Morgan fingerprint density at radius 3 is 2.73 bits per heavy atom. The molecule has 0 atom stereocenters. The first-order chi connectivity index (χ1) is 7.08. The van der Waals surface area contributed by atoms with Gasteiger partial charge in [0.25, 0.3) is 5.91 Å². The van der Waals surface area contributed by atoms with Crippen LogP contribution >= 0.6 is 11.6 Å². The Morgan fingerprint density at radius 1 is 1.53 bits per heavy atom. The highest BCUT2D eigenvalue weighted by molar-refractivity contribution is 6.31. The summed E-state index contributed by atoms with van der Waals surface area (Å²) in [6, 6.07) is 4.01. The minimum absolute atomic E-state index is 0.0364. The number of halogens is 2. The quantitative estimate of drug-likeness (QED) is 0.787. The van der Waals surface area contributed by atoms with Gasteiger partial charge in [-0.25, -0.2) is 4.39 Å². The molecule has 0 radical (unpaired) electrons. The maximum atomic E-state index is 12.8. The molecule has 5 heteroatoms. The number of amides is 1. The summed E-state index contributed by atoms with van der Waals surface area (Å²) in [5, 5.41) is -0.0364. The Labute approximate surface area is 91.6 Å². The first kappa shape index (κ1) is 10.4. The number of hydrogen-bond donors (Lipinski definition) is 1. The molecule has 0 aromatic heterocycles. The molecule has 3 nitrogen and oxygen atoms in total. The van der Waals surface area contributed by atoms with Crippen LogP contribution in [0.15, 0.2) is 18.2 Å². The highest BCUT2D eigenvalue weighted by Crippen LogP contribution is 2.18. The van der Waals surface area contributed by atoms with Gasteiger partial charge < -0.3 is 10.6 Å². The van der Waals surface area contributed by atoms with Crippen LogP contribution in [0.1, 0.15) is 10.4 Å². The predicted octanol–water partition coefficient (Wildman–Crippen LogP) is 1.26. The molecule has 15 heavy (non-hydrogen) atoms. The van der Waals surface area contributed by atoms with E-state index in [-0.39, 0.29) is 17.0 Å². The second-order valence-electron chi connectivity index (χ2n) is 3.60. The Morgan fingerprint density at radius 2 is 2.20 bits per heavy atom. The molecule has 1 saturated heterocycles. The zero-order valence-corrected chi connectivity index (χ0v) is 8.67. The van der Waals surface area contributed by atoms with Crippen molar-refractivity contribution >= 4 is 17.5 Å². The summed E-state index contributed by atoms with van der Waals surface area (Å²) in [4.78, 5) is 13.3. The molecule has 80 valence electrons. The molecular weight excluding hydrogens is 219 g/mol. The van der Waals surface area contributed by atoms with E-state index in [2.05, 4.69) is 0 Å². The fourth-order valence-corrected chi connectivity index (χ4v) is 1.67. The van der Waals surface area contributed by atoms with Crippen LogP contribution in [0.2, 0.25) is 5.02 Å². The fraction of sp³-hybridized carbons (Fsp3) is 0.300. The third kappa shape index (κ3) is 1.96. The molecule has 0 aliphatic carbocycles. The van der Waals surface area contributed by atoms with E-state index in [1.54, 1.807) is 4.90 Å². The zero-order valence-electron chi connectivity index (χ0n) is 7.91. The van der Waals surface area contributed by atoms with Crippen molar-refractivity contribution in [2.45, 2.75) is 6.04 Å². The standard InChI is InChI=1S/C10H10ClFN2O/c11-8-3-6(1-2-9(8)12)10(15)14-4-7(13)5-14/h1-3,7H,4-5,13H2. The normalized spacial score (nSPS) is 16.3. The average molecular weight is 229 g/mol. The van der Waals surface area contributed by atoms with Crippen molar-refractivity contribution in [2.24, 2.45) is 5.73 Å². The first-order valence-corrected chi connectivity index (χ1v) is 4.95. The molecule has 0 spiro atoms. The third-order valence-corrected chi connectivity index (χ3v) is 2.65. The lowest BCUT2D eigenvalue weighted by atomic mass is 10.1. The molecule has 1 heterocycles. The summed E-state index contributed by atoms with van der Waals surface area (Å²) < 4.78 is 12.8. The molecule has 1 aromatic rings. The minimum atomic E-state index is -0.520. The molecule has 1 aliphatic rings. The zero-order chi connectivity index (χ0) is 11.0. The van der Waals surface area contributed by atoms with Gasteiger partial charge in [0.05, 0.1) is 5.02 Å². The van der Waals surface area contributed by atoms with Gasteiger partial charge in [-0.2, -0.15) is 0 Å². The molecule has 1 amide bonds. The Kier molecular flexibility index (Phi) is 2.63. The third-order valence-electron chi connectivity index (χ3n) is 2.36. The van der Waals surface area contributed by atoms with Gasteiger partial charge in [0, 0.05) is 24.7 Å². The summed E-state index contributed by atoms with van der Waals surface area (Å²) in [7, 11) is 0. The van der Waals surface area contributed by atoms with Gasteiger partial charge in [-0.3, -0.25) is 4.79 Å². The number of carbonyl (C=O) groups excluding carboxylic acids is 1. The van der Waals surface area contributed by atoms with Gasteiger partial charge >= 0.3 is 0 Å². The van der Waals surface area contributed by atoms with E-state index in [0.29, 0.717) is 18.7 Å². The number of rotatable bonds is 1. The van der Waals surface area contributed by atoms with Crippen LogP contribution in [0.5, 0.6) is 0 Å². The monoisotopic (exact) mass is 228 g/mol. The lowest BCUT2D eigenvalue weighted by molar-refractivity contribution is 0.0608. The van der Waals surface area contributed by atoms with Crippen molar-refractivity contribution in [2.75, 3.05) is 13.1 Å². The van der Waals surface area contributed by atoms with E-state index >= 15 is 0 Å². The van der Waals surface area contributed by atoms with Crippen molar-refractivity contribution in [1.82, 2.24) is 4.90 Å². The topological polar surface area (TPSA) is 46.3 Å². The maximum Gasteiger partial charge on any atom is 0.254 e. The summed E-state index contributed by atoms with van der Waals surface area (Å²) in [6.45, 7) is 1.10. The smallest absolute Gasteiger partial charge is 0.254 e. The Hall–Kier alpha value is -1.13. The maximum absolute atomic E-state index is 12.8. The van der Waals surface area contributed by atoms with E-state index in [9.17, 15) is 9.18 Å². The van der Waals surface area contributed by atoms with Crippen LogP contribution in [0.4, 0.5) is 4.39 Å². The van der Waals surface area contributed by atoms with Crippen molar-refractivity contribution in [3.05, 3.63) is 34.6 Å². The number of nitrogens with zero attached hydrogens (tertiary/aromatic N) is 1. The molecule has 1 aliphatic heterocycles. The highest BCUT2D eigenvalue weighted by Gasteiger charge is 2.28. The summed E-state index contributed by atoms with van der Waals surface area (Å²) in [5.41, 5.74) is 5.96.